The molecule has 5 saturated heterocycles. The molecular formula is C87H169B5N20O30S5. The molecule has 1 aromatic rings. The second-order valence-corrected chi connectivity index (χ2v) is 54.6. The van der Waals surface area contributed by atoms with Gasteiger partial charge in [0.2, 0.25) is 0 Å². The minimum atomic E-state index is -4.08. The summed E-state index contributed by atoms with van der Waals surface area (Å²) in [4.78, 5) is 59.5. The third-order valence-electron chi connectivity index (χ3n) is 32.4. The molecule has 50 nitrogen and oxygen atoms in total. The highest BCUT2D eigenvalue weighted by molar-refractivity contribution is 7.88. The summed E-state index contributed by atoms with van der Waals surface area (Å²) in [7, 11) is -27.4. The molecule has 6 saturated carbocycles. The Morgan fingerprint density at radius 3 is 0.857 bits per heavy atom. The Hall–Kier alpha value is -4.56. The minimum absolute atomic E-state index is 0.000167. The summed E-state index contributed by atoms with van der Waals surface area (Å²) in [6.07, 6.45) is 14.0. The summed E-state index contributed by atoms with van der Waals surface area (Å²) < 4.78 is 148. The van der Waals surface area contributed by atoms with E-state index < -0.39 is 225 Å². The quantitative estimate of drug-likeness (QED) is 0.0273. The molecule has 5 aliphatic heterocycles. The van der Waals surface area contributed by atoms with Crippen LogP contribution < -0.4 is 57.3 Å². The number of aliphatic carboxylic acids is 5. The Labute approximate surface area is 869 Å². The fourth-order valence-corrected chi connectivity index (χ4v) is 31.5. The van der Waals surface area contributed by atoms with Gasteiger partial charge in [0.15, 0.2) is 0 Å². The number of carboxylic acid groups (broad SMARTS) is 5. The van der Waals surface area contributed by atoms with Gasteiger partial charge in [0, 0.05) is 184 Å². The lowest BCUT2D eigenvalue weighted by atomic mass is 9.78. The molecule has 0 aromatic heterocycles. The predicted octanol–water partition coefficient (Wildman–Crippen LogP) is -4.48. The first kappa shape index (κ1) is 128. The van der Waals surface area contributed by atoms with Crippen LogP contribution in [0.1, 0.15) is 236 Å². The van der Waals surface area contributed by atoms with Gasteiger partial charge in [0.1, 0.15) is 27.7 Å². The van der Waals surface area contributed by atoms with Gasteiger partial charge < -0.3 is 133 Å². The molecule has 1 aromatic carbocycles. The number of hydrogen-bond donors (Lipinski definition) is 25. The molecule has 842 valence electrons. The largest absolute Gasteiger partial charge is 0.480 e. The highest BCUT2D eigenvalue weighted by atomic mass is 32.2. The first-order chi connectivity index (χ1) is 67.5. The molecule has 60 heteroatoms. The van der Waals surface area contributed by atoms with Crippen LogP contribution in [0.25, 0.3) is 0 Å². The van der Waals surface area contributed by atoms with Gasteiger partial charge >= 0.3 is 65.4 Å². The van der Waals surface area contributed by atoms with Crippen LogP contribution in [0.4, 0.5) is 0 Å². The van der Waals surface area contributed by atoms with Crippen LogP contribution in [0.15, 0.2) is 30.3 Å². The van der Waals surface area contributed by atoms with Gasteiger partial charge in [-0.3, -0.25) is 24.0 Å². The molecule has 0 bridgehead atoms. The second-order valence-electron chi connectivity index (χ2n) is 45.3. The SMILES string of the molecule is CC(C)CN(C(C)C1(N)CC1)S(=O)(=O)N1C[C@H](CCCB(O)O)[C@](N)(C(=O)O)C1.CC(N(C(C)(C)C)S(=O)(=O)N1C[C@H](CCCB(O)O)[C@](N)(C(=O)O)C1)C1(N)CC1.CC(N(C1CC1)S(=O)(=O)N1C[C@H](CCCB(O)O)[C@](N)(C(=O)O)C1)C1(N)CC1.CC(N(Cc1ccccc1)S(=O)(=O)N1C[C@H](CCCB(O)O)[C@](N)(C(=O)O)C1)C1(N)CC1.CCCCN(C(C)C1(N)CC1)S(=O)(=O)N1C[C@H](CCCB(O)O)[C@](N)(C(=O)O)C1. The number of carboxylic acids is 5. The maximum absolute atomic E-state index is 13.8. The van der Waals surface area contributed by atoms with Crippen molar-refractivity contribution in [1.82, 2.24) is 43.1 Å². The van der Waals surface area contributed by atoms with E-state index in [0.29, 0.717) is 51.5 Å². The summed E-state index contributed by atoms with van der Waals surface area (Å²) >= 11 is 0. The zero-order chi connectivity index (χ0) is 111. The summed E-state index contributed by atoms with van der Waals surface area (Å²) in [6, 6.07) is 7.00. The maximum Gasteiger partial charge on any atom is 0.451 e. The Morgan fingerprint density at radius 2 is 0.605 bits per heavy atom. The zero-order valence-electron chi connectivity index (χ0n) is 87.0. The number of nitrogens with zero attached hydrogens (tertiary/aromatic N) is 10. The number of unbranched alkanes of at least 4 members (excludes halogenated alkanes) is 1. The Bertz CT molecular complexity index is 5190. The topological polar surface area (TPSA) is 852 Å². The van der Waals surface area contributed by atoms with Crippen molar-refractivity contribution in [1.29, 1.82) is 0 Å². The van der Waals surface area contributed by atoms with Crippen LogP contribution in [-0.4, -0.2) is 402 Å². The molecule has 0 radical (unpaired) electrons. The highest BCUT2D eigenvalue weighted by Gasteiger charge is 2.64. The van der Waals surface area contributed by atoms with E-state index in [1.54, 1.807) is 41.5 Å². The molecule has 35 N–H and O–H groups in total. The number of benzene rings is 1. The average Bonchev–Trinajstić information content (AvgIpc) is 1.63. The lowest BCUT2D eigenvalue weighted by Crippen LogP contribution is -2.61. The van der Waals surface area contributed by atoms with Crippen LogP contribution in [0.2, 0.25) is 31.6 Å². The molecule has 5 heterocycles. The van der Waals surface area contributed by atoms with Crippen LogP contribution in [0.3, 0.4) is 0 Å². The number of rotatable bonds is 53. The maximum atomic E-state index is 13.8. The number of hydrogen-bond acceptors (Lipinski definition) is 35. The van der Waals surface area contributed by atoms with Gasteiger partial charge in [-0.15, -0.1) is 0 Å². The van der Waals surface area contributed by atoms with Gasteiger partial charge in [-0.25, -0.2) is 0 Å². The van der Waals surface area contributed by atoms with Crippen molar-refractivity contribution >= 4 is 116 Å². The van der Waals surface area contributed by atoms with Gasteiger partial charge in [0.05, 0.1) is 0 Å². The van der Waals surface area contributed by atoms with Crippen molar-refractivity contribution in [2.24, 2.45) is 92.8 Å². The summed E-state index contributed by atoms with van der Waals surface area (Å²) in [6.45, 7) is 19.1. The van der Waals surface area contributed by atoms with Crippen molar-refractivity contribution in [3.63, 3.8) is 0 Å². The van der Waals surface area contributed by atoms with Crippen LogP contribution in [0.5, 0.6) is 0 Å². The van der Waals surface area contributed by atoms with E-state index in [0.717, 1.165) is 102 Å². The van der Waals surface area contributed by atoms with Gasteiger partial charge in [0.25, 0.3) is 51.0 Å². The van der Waals surface area contributed by atoms with Crippen LogP contribution in [-0.2, 0) is 81.6 Å². The Morgan fingerprint density at radius 1 is 0.361 bits per heavy atom. The molecule has 6 aliphatic carbocycles. The van der Waals surface area contributed by atoms with Gasteiger partial charge in [-0.1, -0.05) is 89.6 Å². The van der Waals surface area contributed by atoms with Crippen molar-refractivity contribution < 1.29 is 142 Å². The molecule has 15 atom stereocenters. The molecule has 147 heavy (non-hydrogen) atoms. The van der Waals surface area contributed by atoms with E-state index in [9.17, 15) is 91.6 Å². The van der Waals surface area contributed by atoms with E-state index in [1.807, 2.05) is 65.0 Å². The molecule has 11 fully saturated rings. The van der Waals surface area contributed by atoms with E-state index in [1.165, 1.54) is 30.1 Å². The van der Waals surface area contributed by atoms with E-state index in [2.05, 4.69) is 0 Å². The van der Waals surface area contributed by atoms with Gasteiger partial charge in [-0.2, -0.15) is 85.1 Å². The predicted molar refractivity (Wildman–Crippen MR) is 554 cm³/mol. The zero-order valence-corrected chi connectivity index (χ0v) is 91.1. The van der Waals surface area contributed by atoms with Crippen LogP contribution >= 0.6 is 0 Å². The molecule has 0 spiro atoms. The fourth-order valence-electron chi connectivity index (χ4n) is 20.9. The molecule has 11 aliphatic rings. The molecule has 12 rings (SSSR count). The average molecular weight is 2190 g/mol. The van der Waals surface area contributed by atoms with Crippen molar-refractivity contribution in [3.8, 4) is 0 Å². The number of nitrogens with two attached hydrogens (primary N) is 10. The van der Waals surface area contributed by atoms with Crippen molar-refractivity contribution in [2.75, 3.05) is 78.5 Å². The van der Waals surface area contributed by atoms with E-state index in [-0.39, 0.29) is 160 Å². The first-order valence-electron chi connectivity index (χ1n) is 51.3. The summed E-state index contributed by atoms with van der Waals surface area (Å²) in [5.74, 6) is -9.38. The third-order valence-corrected chi connectivity index (χ3v) is 42.8. The lowest BCUT2D eigenvalue weighted by molar-refractivity contribution is -0.145. The van der Waals surface area contributed by atoms with E-state index in [4.69, 9.17) is 108 Å². The number of carbonyl (C=O) groups is 5. The van der Waals surface area contributed by atoms with Crippen molar-refractivity contribution in [2.45, 2.75) is 366 Å². The van der Waals surface area contributed by atoms with Crippen LogP contribution in [0, 0.1) is 35.5 Å². The van der Waals surface area contributed by atoms with Crippen molar-refractivity contribution in [3.05, 3.63) is 35.9 Å². The summed E-state index contributed by atoms with van der Waals surface area (Å²) in [5.41, 5.74) is 51.0. The summed E-state index contributed by atoms with van der Waals surface area (Å²) in [5, 5.41) is 139. The monoisotopic (exact) mass is 2190 g/mol. The Kier molecular flexibility index (Phi) is 43.0. The minimum Gasteiger partial charge on any atom is -0.480 e. The van der Waals surface area contributed by atoms with Gasteiger partial charge in [-0.05, 0) is 214 Å². The smallest absolute Gasteiger partial charge is 0.451 e. The second kappa shape index (κ2) is 49.5. The third kappa shape index (κ3) is 30.9. The first-order valence-corrected chi connectivity index (χ1v) is 58.3. The normalized spacial score (nSPS) is 28.3. The molecular weight excluding hydrogens is 2020 g/mol. The molecule has 0 amide bonds. The molecule has 5 unspecified atom stereocenters. The standard InChI is InChI=1S/C20H33BN4O6S.3C17H35BN4O6S.C16H31BN4O6S/c1-15(19(22)9-10-19)25(12-16-6-3-2-4-7-16)32(30,31)24-13-17(8-5-11-21(28)29)20(23,14-24)18(26)27;1-12(16(19)7-8-16)22(15(2,3)4)29(27,28)21-10-13(6-5-9-18(25)26)17(20,11-21)14(23)24;1-12(2)9-22(13(3)16(19)6-7-16)29(27,28)21-10-14(5-4-8-18(25)26)17(20,11-21)15(23)24;1-3-4-10-22(13(2)16(19)7-8-16)29(27,28)21-11-14(6-5-9-18(25)26)17(20,12-21)15(23)24;1-11(15(18)6-7-15)21(13-4-5-13)28(26,27)20-9-12(3-2-8-17(24)25)16(19,10-20)14(22)23/h2-4,6-7,15,17,28-29H,5,8-14,22-23H2,1H3,(H,26,27);12-13,25-26H,5-11,19-20H2,1-4H3,(H,23,24);12-14,25-26H,4-11,19-20H2,1-3H3,(H,23,24);13-14,25-26H,3-12,19-20H2,1-2H3,(H,23,24);11-13,24-25H,2-10,18-19H2,1H3,(H,22,23)/t15?,17-,20-;12?,13-,17-;2*13?,14-,17-;11?,12-,16-/m00000/s1. The fraction of sp³-hybridized carbons (Fsp3) is 0.874. The Balaban J connectivity index is 0.000000224. The lowest BCUT2D eigenvalue weighted by Gasteiger charge is -2.43. The highest BCUT2D eigenvalue weighted by Crippen LogP contribution is 2.50. The van der Waals surface area contributed by atoms with E-state index >= 15 is 0 Å².